The number of allylic oxidation sites excluding steroid dienone is 8. The zero-order valence-corrected chi connectivity index (χ0v) is 21.1. The second kappa shape index (κ2) is 9.01. The Morgan fingerprint density at radius 1 is 1.10 bits per heavy atom. The van der Waals surface area contributed by atoms with Crippen LogP contribution in [0.1, 0.15) is 52.8 Å². The largest absolute Gasteiger partial charge is 0.289 e. The minimum Gasteiger partial charge on any atom is -0.289 e. The first-order valence-electron chi connectivity index (χ1n) is 10.3. The van der Waals surface area contributed by atoms with Gasteiger partial charge in [-0.2, -0.15) is 0 Å². The second-order valence-corrected chi connectivity index (χ2v) is 11.7. The molecule has 2 aliphatic rings. The fourth-order valence-corrected chi connectivity index (χ4v) is 4.65. The van der Waals surface area contributed by atoms with Crippen LogP contribution in [0.4, 0.5) is 0 Å². The van der Waals surface area contributed by atoms with Gasteiger partial charge in [-0.3, -0.25) is 4.79 Å². The Morgan fingerprint density at radius 3 is 2.19 bits per heavy atom. The van der Waals surface area contributed by atoms with Crippen LogP contribution in [0.15, 0.2) is 79.5 Å². The van der Waals surface area contributed by atoms with Crippen LogP contribution in [-0.4, -0.2) is 11.2 Å². The van der Waals surface area contributed by atoms with Crippen molar-refractivity contribution in [2.75, 3.05) is 0 Å². The molecule has 164 valence electrons. The fraction of sp³-hybridized carbons (Fsp3) is 0.400. The Bertz CT molecular complexity index is 1020. The van der Waals surface area contributed by atoms with Crippen molar-refractivity contribution in [3.8, 4) is 0 Å². The number of azo groups is 1. The maximum Gasteiger partial charge on any atom is 0.186 e. The van der Waals surface area contributed by atoms with Crippen LogP contribution in [0.5, 0.6) is 0 Å². The standard InChI is InChI=1S/C25H28Cl2N2OS/c1-24(2,3)17-12-15(13-18(23(17)30)25(4,5)6)22(21-8-7-11-31-21)29-28-20-10-9-16(26)14-19(20)27/h7-8,10-14,16H,9H2,1-6H3. The Morgan fingerprint density at radius 2 is 1.71 bits per heavy atom. The Balaban J connectivity index is 2.20. The van der Waals surface area contributed by atoms with Gasteiger partial charge in [0.25, 0.3) is 0 Å². The van der Waals surface area contributed by atoms with Gasteiger partial charge < -0.3 is 0 Å². The summed E-state index contributed by atoms with van der Waals surface area (Å²) in [6.45, 7) is 12.4. The fourth-order valence-electron chi connectivity index (χ4n) is 3.37. The van der Waals surface area contributed by atoms with Crippen LogP contribution in [0, 0.1) is 10.8 Å². The molecule has 1 unspecified atom stereocenters. The number of hydrogen-bond acceptors (Lipinski definition) is 4. The normalized spacial score (nSPS) is 20.5. The zero-order valence-electron chi connectivity index (χ0n) is 18.8. The molecule has 0 radical (unpaired) electrons. The van der Waals surface area contributed by atoms with E-state index in [1.807, 2.05) is 35.7 Å². The number of halogens is 2. The highest BCUT2D eigenvalue weighted by Gasteiger charge is 2.34. The summed E-state index contributed by atoms with van der Waals surface area (Å²) < 4.78 is 0. The van der Waals surface area contributed by atoms with Crippen LogP contribution in [0.3, 0.4) is 0 Å². The predicted molar refractivity (Wildman–Crippen MR) is 132 cm³/mol. The lowest BCUT2D eigenvalue weighted by atomic mass is 9.71. The quantitative estimate of drug-likeness (QED) is 0.319. The minimum atomic E-state index is -0.294. The van der Waals surface area contributed by atoms with Gasteiger partial charge >= 0.3 is 0 Å². The van der Waals surface area contributed by atoms with E-state index in [1.165, 1.54) is 0 Å². The molecular weight excluding hydrogens is 447 g/mol. The molecule has 0 saturated carbocycles. The van der Waals surface area contributed by atoms with Gasteiger partial charge in [0.1, 0.15) is 11.4 Å². The number of nitrogens with zero attached hydrogens (tertiary/aromatic N) is 2. The first-order valence-corrected chi connectivity index (χ1v) is 12.0. The average Bonchev–Trinajstić information content (AvgIpc) is 3.16. The van der Waals surface area contributed by atoms with Gasteiger partial charge in [0.2, 0.25) is 0 Å². The highest BCUT2D eigenvalue weighted by atomic mass is 35.5. The first kappa shape index (κ1) is 23.9. The summed E-state index contributed by atoms with van der Waals surface area (Å²) in [6.07, 6.45) is 8.27. The van der Waals surface area contributed by atoms with Crippen molar-refractivity contribution in [1.29, 1.82) is 0 Å². The summed E-state index contributed by atoms with van der Waals surface area (Å²) in [5, 5.41) is 11.5. The van der Waals surface area contributed by atoms with E-state index < -0.39 is 0 Å². The van der Waals surface area contributed by atoms with Crippen molar-refractivity contribution in [3.63, 3.8) is 0 Å². The SMILES string of the molecule is CC(C)(C)C1=CC(=C(N=NC2=CCC(Cl)C=C2Cl)c2cccs2)C=C(C(C)(C)C)C1=O. The summed E-state index contributed by atoms with van der Waals surface area (Å²) in [6, 6.07) is 4.00. The lowest BCUT2D eigenvalue weighted by molar-refractivity contribution is -0.114. The van der Waals surface area contributed by atoms with Crippen LogP contribution in [-0.2, 0) is 4.79 Å². The molecular formula is C25H28Cl2N2OS. The van der Waals surface area contributed by atoms with Crippen molar-refractivity contribution in [3.05, 3.63) is 74.1 Å². The van der Waals surface area contributed by atoms with Gasteiger partial charge in [-0.25, -0.2) is 0 Å². The molecule has 3 rings (SSSR count). The molecule has 0 saturated heterocycles. The zero-order chi connectivity index (χ0) is 23.0. The molecule has 3 nitrogen and oxygen atoms in total. The maximum atomic E-state index is 13.3. The lowest BCUT2D eigenvalue weighted by Crippen LogP contribution is -2.28. The van der Waals surface area contributed by atoms with Gasteiger partial charge in [0.05, 0.1) is 15.3 Å². The molecule has 0 spiro atoms. The third kappa shape index (κ3) is 5.54. The van der Waals surface area contributed by atoms with Crippen molar-refractivity contribution < 1.29 is 4.79 Å². The molecule has 0 fully saturated rings. The molecule has 0 bridgehead atoms. The number of carbonyl (C=O) groups is 1. The van der Waals surface area contributed by atoms with Crippen molar-refractivity contribution in [2.24, 2.45) is 21.1 Å². The van der Waals surface area contributed by atoms with E-state index in [-0.39, 0.29) is 22.0 Å². The van der Waals surface area contributed by atoms with Gasteiger partial charge in [-0.1, -0.05) is 65.3 Å². The summed E-state index contributed by atoms with van der Waals surface area (Å²) in [5.74, 6) is 0.0975. The van der Waals surface area contributed by atoms with Crippen LogP contribution >= 0.6 is 34.5 Å². The second-order valence-electron chi connectivity index (χ2n) is 9.78. The molecule has 31 heavy (non-hydrogen) atoms. The molecule has 1 heterocycles. The number of hydrogen-bond donors (Lipinski definition) is 0. The van der Waals surface area contributed by atoms with E-state index in [9.17, 15) is 4.79 Å². The molecule has 1 aromatic heterocycles. The number of ketones is 1. The van der Waals surface area contributed by atoms with Gasteiger partial charge in [0, 0.05) is 16.7 Å². The third-order valence-electron chi connectivity index (χ3n) is 5.10. The molecule has 0 N–H and O–H groups in total. The number of carbonyl (C=O) groups excluding carboxylic acids is 1. The Kier molecular flexibility index (Phi) is 6.95. The van der Waals surface area contributed by atoms with Crippen molar-refractivity contribution in [1.82, 2.24) is 0 Å². The van der Waals surface area contributed by atoms with Crippen LogP contribution in [0.2, 0.25) is 0 Å². The summed E-state index contributed by atoms with van der Waals surface area (Å²) in [4.78, 5) is 14.3. The molecule has 6 heteroatoms. The van der Waals surface area contributed by atoms with Gasteiger partial charge in [0.15, 0.2) is 5.78 Å². The van der Waals surface area contributed by atoms with E-state index in [1.54, 1.807) is 17.4 Å². The van der Waals surface area contributed by atoms with Gasteiger partial charge in [-0.05, 0) is 46.9 Å². The maximum absolute atomic E-state index is 13.3. The molecule has 0 aromatic carbocycles. The highest BCUT2D eigenvalue weighted by molar-refractivity contribution is 7.11. The Labute approximate surface area is 198 Å². The van der Waals surface area contributed by atoms with Crippen LogP contribution < -0.4 is 0 Å². The number of alkyl halides is 1. The summed E-state index contributed by atoms with van der Waals surface area (Å²) in [5.41, 5.74) is 3.19. The predicted octanol–water partition coefficient (Wildman–Crippen LogP) is 8.46. The summed E-state index contributed by atoms with van der Waals surface area (Å²) in [7, 11) is 0. The first-order chi connectivity index (χ1) is 14.4. The van der Waals surface area contributed by atoms with E-state index in [0.29, 0.717) is 17.2 Å². The highest BCUT2D eigenvalue weighted by Crippen LogP contribution is 2.41. The molecule has 0 amide bonds. The van der Waals surface area contributed by atoms with Crippen LogP contribution in [0.25, 0.3) is 5.70 Å². The van der Waals surface area contributed by atoms with Crippen molar-refractivity contribution in [2.45, 2.75) is 53.3 Å². The van der Waals surface area contributed by atoms with E-state index in [4.69, 9.17) is 23.2 Å². The third-order valence-corrected chi connectivity index (χ3v) is 6.60. The number of thiophene rings is 1. The van der Waals surface area contributed by atoms with Gasteiger partial charge in [-0.15, -0.1) is 33.2 Å². The number of rotatable bonds is 3. The lowest BCUT2D eigenvalue weighted by Gasteiger charge is -2.31. The monoisotopic (exact) mass is 474 g/mol. The molecule has 1 atom stereocenters. The average molecular weight is 475 g/mol. The minimum absolute atomic E-state index is 0.0975. The molecule has 1 aromatic rings. The topological polar surface area (TPSA) is 41.8 Å². The molecule has 2 aliphatic carbocycles. The molecule has 0 aliphatic heterocycles. The van der Waals surface area contributed by atoms with E-state index >= 15 is 0 Å². The Hall–Kier alpha value is -1.75. The number of Topliss-reactive ketones (excluding diaryl/α,β-unsaturated/α-hetero) is 1. The van der Waals surface area contributed by atoms with E-state index in [2.05, 4.69) is 51.8 Å². The van der Waals surface area contributed by atoms with Crippen molar-refractivity contribution >= 4 is 46.0 Å². The smallest absolute Gasteiger partial charge is 0.186 e. The summed E-state index contributed by atoms with van der Waals surface area (Å²) >= 11 is 14.1. The van der Waals surface area contributed by atoms with E-state index in [0.717, 1.165) is 27.3 Å².